The van der Waals surface area contributed by atoms with Crippen LogP contribution in [0.2, 0.25) is 0 Å². The van der Waals surface area contributed by atoms with Crippen LogP contribution in [0.25, 0.3) is 0 Å². The fourth-order valence-electron chi connectivity index (χ4n) is 2.04. The summed E-state index contributed by atoms with van der Waals surface area (Å²) in [5.41, 5.74) is 0.0550. The van der Waals surface area contributed by atoms with Crippen molar-refractivity contribution in [3.63, 3.8) is 0 Å². The van der Waals surface area contributed by atoms with E-state index in [4.69, 9.17) is 9.47 Å². The van der Waals surface area contributed by atoms with Crippen LogP contribution >= 0.6 is 0 Å². The fraction of sp³-hybridized carbons (Fsp3) is 1.00. The number of rotatable bonds is 0. The topological polar surface area (TPSA) is 18.5 Å². The summed E-state index contributed by atoms with van der Waals surface area (Å²) in [6.45, 7) is 10.1. The minimum Gasteiger partial charge on any atom is -0.375 e. The summed E-state index contributed by atoms with van der Waals surface area (Å²) in [6, 6.07) is 0. The molecular formula is C10H20O2. The van der Waals surface area contributed by atoms with Crippen LogP contribution in [0.15, 0.2) is 0 Å². The van der Waals surface area contributed by atoms with E-state index in [0.717, 1.165) is 19.6 Å². The first-order chi connectivity index (χ1) is 5.72. The second kappa shape index (κ2) is 3.75. The van der Waals surface area contributed by atoms with Crippen molar-refractivity contribution in [2.24, 2.45) is 5.92 Å². The van der Waals surface area contributed by atoms with E-state index in [2.05, 4.69) is 13.8 Å². The van der Waals surface area contributed by atoms with Crippen molar-refractivity contribution in [1.82, 2.24) is 0 Å². The van der Waals surface area contributed by atoms with E-state index >= 15 is 0 Å². The van der Waals surface area contributed by atoms with Gasteiger partial charge in [0.2, 0.25) is 0 Å². The highest BCUT2D eigenvalue weighted by atomic mass is 16.6. The lowest BCUT2D eigenvalue weighted by Crippen LogP contribution is -2.32. The van der Waals surface area contributed by atoms with Crippen molar-refractivity contribution >= 4 is 0 Å². The first-order valence-electron chi connectivity index (χ1n) is 4.98. The molecule has 2 rings (SSSR count). The second-order valence-electron chi connectivity index (χ2n) is 3.64. The van der Waals surface area contributed by atoms with Gasteiger partial charge in [0.1, 0.15) is 0 Å². The Morgan fingerprint density at radius 2 is 2.00 bits per heavy atom. The number of hydrogen-bond donors (Lipinski definition) is 0. The first-order valence-corrected chi connectivity index (χ1v) is 4.98. The Balaban J connectivity index is 0.000000336. The monoisotopic (exact) mass is 172 g/mol. The first kappa shape index (κ1) is 10.0. The second-order valence-corrected chi connectivity index (χ2v) is 3.64. The summed E-state index contributed by atoms with van der Waals surface area (Å²) in [7, 11) is 0. The van der Waals surface area contributed by atoms with Gasteiger partial charge < -0.3 is 9.47 Å². The predicted octanol–water partition coefficient (Wildman–Crippen LogP) is 2.23. The van der Waals surface area contributed by atoms with E-state index in [-0.39, 0.29) is 5.60 Å². The Bertz CT molecular complexity index is 147. The molecule has 0 aromatic rings. The lowest BCUT2D eigenvalue weighted by atomic mass is 9.93. The molecule has 0 aromatic carbocycles. The molecule has 12 heavy (non-hydrogen) atoms. The van der Waals surface area contributed by atoms with Crippen molar-refractivity contribution < 1.29 is 9.47 Å². The number of hydrogen-bond acceptors (Lipinski definition) is 2. The average Bonchev–Trinajstić information content (AvgIpc) is 2.57. The van der Waals surface area contributed by atoms with Crippen LogP contribution in [0.3, 0.4) is 0 Å². The SMILES string of the molecule is CC.CC1CO[C@]2(C)CCO[C@H]12. The molecule has 0 saturated carbocycles. The molecule has 0 amide bonds. The van der Waals surface area contributed by atoms with Crippen molar-refractivity contribution in [2.45, 2.75) is 45.8 Å². The van der Waals surface area contributed by atoms with E-state index in [1.54, 1.807) is 0 Å². The summed E-state index contributed by atoms with van der Waals surface area (Å²) in [5.74, 6) is 0.590. The van der Waals surface area contributed by atoms with Gasteiger partial charge in [-0.1, -0.05) is 20.8 Å². The Kier molecular flexibility index (Phi) is 3.13. The Hall–Kier alpha value is -0.0800. The highest BCUT2D eigenvalue weighted by molar-refractivity contribution is 4.97. The molecular weight excluding hydrogens is 152 g/mol. The van der Waals surface area contributed by atoms with Crippen LogP contribution in [-0.4, -0.2) is 24.9 Å². The molecule has 2 aliphatic heterocycles. The highest BCUT2D eigenvalue weighted by Crippen LogP contribution is 2.39. The van der Waals surface area contributed by atoms with Crippen molar-refractivity contribution in [2.75, 3.05) is 13.2 Å². The van der Waals surface area contributed by atoms with Gasteiger partial charge in [0, 0.05) is 18.9 Å². The molecule has 2 nitrogen and oxygen atoms in total. The summed E-state index contributed by atoms with van der Waals surface area (Å²) in [5, 5.41) is 0. The molecule has 72 valence electrons. The largest absolute Gasteiger partial charge is 0.375 e. The van der Waals surface area contributed by atoms with Crippen LogP contribution in [0, 0.1) is 5.92 Å². The van der Waals surface area contributed by atoms with Crippen molar-refractivity contribution in [3.05, 3.63) is 0 Å². The molecule has 2 heteroatoms. The predicted molar refractivity (Wildman–Crippen MR) is 49.2 cm³/mol. The van der Waals surface area contributed by atoms with Gasteiger partial charge >= 0.3 is 0 Å². The fourth-order valence-corrected chi connectivity index (χ4v) is 2.04. The summed E-state index contributed by atoms with van der Waals surface area (Å²) >= 11 is 0. The smallest absolute Gasteiger partial charge is 0.0940 e. The van der Waals surface area contributed by atoms with E-state index in [1.807, 2.05) is 13.8 Å². The van der Waals surface area contributed by atoms with E-state index in [1.165, 1.54) is 0 Å². The van der Waals surface area contributed by atoms with Crippen LogP contribution in [0.1, 0.15) is 34.1 Å². The zero-order valence-corrected chi connectivity index (χ0v) is 8.59. The summed E-state index contributed by atoms with van der Waals surface area (Å²) < 4.78 is 11.2. The lowest BCUT2D eigenvalue weighted by Gasteiger charge is -2.21. The Morgan fingerprint density at radius 1 is 1.33 bits per heavy atom. The van der Waals surface area contributed by atoms with Crippen LogP contribution in [0.5, 0.6) is 0 Å². The van der Waals surface area contributed by atoms with Gasteiger partial charge in [-0.3, -0.25) is 0 Å². The van der Waals surface area contributed by atoms with Gasteiger partial charge in [-0.2, -0.15) is 0 Å². The van der Waals surface area contributed by atoms with Crippen LogP contribution in [0.4, 0.5) is 0 Å². The zero-order chi connectivity index (χ0) is 9.19. The Morgan fingerprint density at radius 3 is 2.58 bits per heavy atom. The molecule has 0 bridgehead atoms. The molecule has 2 aliphatic rings. The van der Waals surface area contributed by atoms with Crippen LogP contribution < -0.4 is 0 Å². The zero-order valence-electron chi connectivity index (χ0n) is 8.59. The lowest BCUT2D eigenvalue weighted by molar-refractivity contribution is -0.00723. The molecule has 3 atom stereocenters. The molecule has 2 fully saturated rings. The Labute approximate surface area is 75.2 Å². The molecule has 0 aromatic heterocycles. The summed E-state index contributed by atoms with van der Waals surface area (Å²) in [6.07, 6.45) is 1.44. The summed E-state index contributed by atoms with van der Waals surface area (Å²) in [4.78, 5) is 0. The molecule has 1 unspecified atom stereocenters. The van der Waals surface area contributed by atoms with Gasteiger partial charge in [-0.15, -0.1) is 0 Å². The molecule has 2 heterocycles. The maximum Gasteiger partial charge on any atom is 0.0940 e. The van der Waals surface area contributed by atoms with Crippen molar-refractivity contribution in [3.8, 4) is 0 Å². The van der Waals surface area contributed by atoms with Gasteiger partial charge in [0.05, 0.1) is 18.3 Å². The number of ether oxygens (including phenoxy) is 2. The number of fused-ring (bicyclic) bond motifs is 1. The van der Waals surface area contributed by atoms with Gasteiger partial charge in [0.15, 0.2) is 0 Å². The third-order valence-corrected chi connectivity index (χ3v) is 2.69. The third kappa shape index (κ3) is 1.50. The maximum absolute atomic E-state index is 5.65. The highest BCUT2D eigenvalue weighted by Gasteiger charge is 2.48. The van der Waals surface area contributed by atoms with Crippen LogP contribution in [-0.2, 0) is 9.47 Å². The normalized spacial score (nSPS) is 45.0. The molecule has 0 radical (unpaired) electrons. The van der Waals surface area contributed by atoms with E-state index in [9.17, 15) is 0 Å². The standard InChI is InChI=1S/C8H14O2.C2H6/c1-6-5-10-8(2)3-4-9-7(6)8;1-2/h6-7H,3-5H2,1-2H3;1-2H3/t6?,7-,8-;/m1./s1. The molecule has 0 aliphatic carbocycles. The molecule has 0 spiro atoms. The van der Waals surface area contributed by atoms with E-state index < -0.39 is 0 Å². The van der Waals surface area contributed by atoms with Gasteiger partial charge in [0.25, 0.3) is 0 Å². The third-order valence-electron chi connectivity index (χ3n) is 2.69. The van der Waals surface area contributed by atoms with Gasteiger partial charge in [-0.25, -0.2) is 0 Å². The van der Waals surface area contributed by atoms with E-state index in [0.29, 0.717) is 12.0 Å². The van der Waals surface area contributed by atoms with Crippen molar-refractivity contribution in [1.29, 1.82) is 0 Å². The maximum atomic E-state index is 5.65. The minimum atomic E-state index is 0.0550. The quantitative estimate of drug-likeness (QED) is 0.558. The minimum absolute atomic E-state index is 0.0550. The molecule has 0 N–H and O–H groups in total. The van der Waals surface area contributed by atoms with Gasteiger partial charge in [-0.05, 0) is 6.92 Å². The average molecular weight is 172 g/mol. The molecule has 2 saturated heterocycles.